The quantitative estimate of drug-likeness (QED) is 0.889. The standard InChI is InChI=1S/C12H17N3OS/c1-12(2)8-6-15(7-9(8)12)10(16)5-14-11-13-3-4-17-11/h3-4,8-9H,5-7H2,1-2H3,(H,13,14). The van der Waals surface area contributed by atoms with Crippen molar-refractivity contribution in [3.05, 3.63) is 11.6 Å². The number of nitrogens with one attached hydrogen (secondary N) is 1. The fraction of sp³-hybridized carbons (Fsp3) is 0.667. The molecular formula is C12H17N3OS. The van der Waals surface area contributed by atoms with Gasteiger partial charge < -0.3 is 10.2 Å². The summed E-state index contributed by atoms with van der Waals surface area (Å²) in [6.07, 6.45) is 1.74. The number of thiazole rings is 1. The average Bonchev–Trinajstić information content (AvgIpc) is 2.82. The molecule has 2 fully saturated rings. The first-order valence-corrected chi connectivity index (χ1v) is 6.88. The number of carbonyl (C=O) groups excluding carboxylic acids is 1. The van der Waals surface area contributed by atoms with E-state index in [0.717, 1.165) is 30.1 Å². The molecule has 2 aliphatic rings. The second kappa shape index (κ2) is 3.70. The Morgan fingerprint density at radius 1 is 1.59 bits per heavy atom. The SMILES string of the molecule is CC1(C)C2CN(C(=O)CNc3nccs3)CC21. The van der Waals surface area contributed by atoms with Crippen molar-refractivity contribution < 1.29 is 4.79 Å². The minimum Gasteiger partial charge on any atom is -0.352 e. The van der Waals surface area contributed by atoms with Gasteiger partial charge in [0.05, 0.1) is 6.54 Å². The zero-order chi connectivity index (χ0) is 12.0. The summed E-state index contributed by atoms with van der Waals surface area (Å²) in [6.45, 7) is 6.86. The van der Waals surface area contributed by atoms with Gasteiger partial charge in [-0.2, -0.15) is 0 Å². The molecule has 0 aromatic carbocycles. The third kappa shape index (κ3) is 1.82. The molecule has 1 amide bonds. The Morgan fingerprint density at radius 2 is 2.29 bits per heavy atom. The van der Waals surface area contributed by atoms with Gasteiger partial charge in [0.15, 0.2) is 5.13 Å². The lowest BCUT2D eigenvalue weighted by Gasteiger charge is -2.22. The largest absolute Gasteiger partial charge is 0.352 e. The molecule has 0 bridgehead atoms. The Bertz CT molecular complexity index is 415. The molecule has 1 aromatic rings. The molecule has 3 rings (SSSR count). The van der Waals surface area contributed by atoms with E-state index in [0.29, 0.717) is 12.0 Å². The molecule has 1 aliphatic carbocycles. The van der Waals surface area contributed by atoms with E-state index in [1.807, 2.05) is 10.3 Å². The summed E-state index contributed by atoms with van der Waals surface area (Å²) in [5, 5.41) is 5.79. The maximum absolute atomic E-state index is 12.0. The summed E-state index contributed by atoms with van der Waals surface area (Å²) in [5.41, 5.74) is 0.472. The fourth-order valence-electron chi connectivity index (χ4n) is 2.91. The molecule has 2 unspecified atom stereocenters. The summed E-state index contributed by atoms with van der Waals surface area (Å²) in [5.74, 6) is 1.65. The topological polar surface area (TPSA) is 45.2 Å². The molecule has 4 nitrogen and oxygen atoms in total. The highest BCUT2D eigenvalue weighted by Crippen LogP contribution is 2.61. The van der Waals surface area contributed by atoms with Crippen molar-refractivity contribution >= 4 is 22.4 Å². The highest BCUT2D eigenvalue weighted by atomic mass is 32.1. The molecule has 5 heteroatoms. The first-order valence-electron chi connectivity index (χ1n) is 6.00. The molecule has 1 saturated carbocycles. The van der Waals surface area contributed by atoms with Crippen molar-refractivity contribution in [3.63, 3.8) is 0 Å². The second-order valence-electron chi connectivity index (χ2n) is 5.52. The van der Waals surface area contributed by atoms with E-state index in [1.54, 1.807) is 6.20 Å². The first-order chi connectivity index (χ1) is 8.09. The fourth-order valence-corrected chi connectivity index (χ4v) is 3.44. The van der Waals surface area contributed by atoms with Gasteiger partial charge in [0.1, 0.15) is 0 Å². The number of piperidine rings is 1. The molecule has 0 spiro atoms. The van der Waals surface area contributed by atoms with Gasteiger partial charge in [-0.1, -0.05) is 13.8 Å². The summed E-state index contributed by atoms with van der Waals surface area (Å²) in [6, 6.07) is 0. The third-order valence-electron chi connectivity index (χ3n) is 4.30. The molecule has 0 radical (unpaired) electrons. The number of rotatable bonds is 3. The van der Waals surface area contributed by atoms with Gasteiger partial charge in [-0.05, 0) is 17.3 Å². The normalized spacial score (nSPS) is 28.9. The number of carbonyl (C=O) groups is 1. The Balaban J connectivity index is 1.49. The van der Waals surface area contributed by atoms with Crippen LogP contribution in [0.25, 0.3) is 0 Å². The predicted octanol–water partition coefficient (Wildman–Crippen LogP) is 1.67. The maximum Gasteiger partial charge on any atom is 0.241 e. The molecule has 92 valence electrons. The van der Waals surface area contributed by atoms with Gasteiger partial charge in [0.25, 0.3) is 0 Å². The van der Waals surface area contributed by atoms with Gasteiger partial charge in [-0.15, -0.1) is 11.3 Å². The van der Waals surface area contributed by atoms with Gasteiger partial charge in [-0.3, -0.25) is 4.79 Å². The van der Waals surface area contributed by atoms with Crippen molar-refractivity contribution in [2.45, 2.75) is 13.8 Å². The van der Waals surface area contributed by atoms with Crippen LogP contribution in [0.15, 0.2) is 11.6 Å². The second-order valence-corrected chi connectivity index (χ2v) is 6.42. The summed E-state index contributed by atoms with van der Waals surface area (Å²) in [7, 11) is 0. The number of hydrogen-bond donors (Lipinski definition) is 1. The van der Waals surface area contributed by atoms with Crippen LogP contribution in [-0.2, 0) is 4.79 Å². The molecule has 2 heterocycles. The number of fused-ring (bicyclic) bond motifs is 1. The zero-order valence-corrected chi connectivity index (χ0v) is 11.0. The number of likely N-dealkylation sites (tertiary alicyclic amines) is 1. The van der Waals surface area contributed by atoms with Gasteiger partial charge in [0.2, 0.25) is 5.91 Å². The highest BCUT2D eigenvalue weighted by molar-refractivity contribution is 7.13. The number of amides is 1. The predicted molar refractivity (Wildman–Crippen MR) is 67.9 cm³/mol. The molecule has 17 heavy (non-hydrogen) atoms. The van der Waals surface area contributed by atoms with E-state index in [1.165, 1.54) is 11.3 Å². The van der Waals surface area contributed by atoms with Crippen molar-refractivity contribution in [3.8, 4) is 0 Å². The van der Waals surface area contributed by atoms with Gasteiger partial charge >= 0.3 is 0 Å². The molecular weight excluding hydrogens is 234 g/mol. The number of nitrogens with zero attached hydrogens (tertiary/aromatic N) is 2. The third-order valence-corrected chi connectivity index (χ3v) is 5.03. The number of aromatic nitrogens is 1. The minimum atomic E-state index is 0.197. The van der Waals surface area contributed by atoms with E-state index in [9.17, 15) is 4.79 Å². The van der Waals surface area contributed by atoms with Crippen LogP contribution in [0.1, 0.15) is 13.8 Å². The molecule has 1 N–H and O–H groups in total. The van der Waals surface area contributed by atoms with Crippen molar-refractivity contribution in [1.29, 1.82) is 0 Å². The van der Waals surface area contributed by atoms with E-state index in [-0.39, 0.29) is 5.91 Å². The number of anilines is 1. The molecule has 1 saturated heterocycles. The lowest BCUT2D eigenvalue weighted by atomic mass is 10.1. The summed E-state index contributed by atoms with van der Waals surface area (Å²) < 4.78 is 0. The maximum atomic E-state index is 12.0. The lowest BCUT2D eigenvalue weighted by Crippen LogP contribution is -2.36. The zero-order valence-electron chi connectivity index (χ0n) is 10.1. The van der Waals surface area contributed by atoms with Gasteiger partial charge in [-0.25, -0.2) is 4.98 Å². The summed E-state index contributed by atoms with van der Waals surface area (Å²) >= 11 is 1.52. The molecule has 1 aliphatic heterocycles. The van der Waals surface area contributed by atoms with Gasteiger partial charge in [0, 0.05) is 24.7 Å². The Morgan fingerprint density at radius 3 is 2.88 bits per heavy atom. The van der Waals surface area contributed by atoms with E-state index in [4.69, 9.17) is 0 Å². The Labute approximate surface area is 105 Å². The van der Waals surface area contributed by atoms with Crippen LogP contribution in [0.5, 0.6) is 0 Å². The Hall–Kier alpha value is -1.10. The van der Waals surface area contributed by atoms with Crippen LogP contribution >= 0.6 is 11.3 Å². The highest BCUT2D eigenvalue weighted by Gasteiger charge is 2.62. The van der Waals surface area contributed by atoms with E-state index >= 15 is 0 Å². The lowest BCUT2D eigenvalue weighted by molar-refractivity contribution is -0.129. The molecule has 1 aromatic heterocycles. The van der Waals surface area contributed by atoms with Crippen molar-refractivity contribution in [2.24, 2.45) is 17.3 Å². The van der Waals surface area contributed by atoms with Crippen molar-refractivity contribution in [2.75, 3.05) is 25.0 Å². The van der Waals surface area contributed by atoms with Crippen LogP contribution in [0.3, 0.4) is 0 Å². The number of hydrogen-bond acceptors (Lipinski definition) is 4. The van der Waals surface area contributed by atoms with Crippen LogP contribution in [0.4, 0.5) is 5.13 Å². The van der Waals surface area contributed by atoms with E-state index < -0.39 is 0 Å². The van der Waals surface area contributed by atoms with Crippen LogP contribution in [0, 0.1) is 17.3 Å². The smallest absolute Gasteiger partial charge is 0.241 e. The monoisotopic (exact) mass is 251 g/mol. The first kappa shape index (κ1) is 11.0. The van der Waals surface area contributed by atoms with Crippen molar-refractivity contribution in [1.82, 2.24) is 9.88 Å². The van der Waals surface area contributed by atoms with Crippen LogP contribution in [-0.4, -0.2) is 35.4 Å². The average molecular weight is 251 g/mol. The summed E-state index contributed by atoms with van der Waals surface area (Å²) in [4.78, 5) is 18.0. The minimum absolute atomic E-state index is 0.197. The Kier molecular flexibility index (Phi) is 2.40. The van der Waals surface area contributed by atoms with Crippen LogP contribution in [0.2, 0.25) is 0 Å². The van der Waals surface area contributed by atoms with E-state index in [2.05, 4.69) is 24.1 Å². The molecule has 2 atom stereocenters. The van der Waals surface area contributed by atoms with Crippen LogP contribution < -0.4 is 5.32 Å².